The number of hydrogen-bond acceptors (Lipinski definition) is 6. The molecule has 0 aliphatic carbocycles. The fraction of sp³-hybridized carbons (Fsp3) is 0.294. The van der Waals surface area contributed by atoms with Crippen LogP contribution in [0, 0.1) is 5.82 Å². The Balaban J connectivity index is 1.73. The topological polar surface area (TPSA) is 177 Å². The Morgan fingerprint density at radius 1 is 0.717 bits per heavy atom. The molecule has 0 aromatic heterocycles. The standard InChI is InChI=1S/C34H38FN5O6/c1-21(29(42)32(45)39-26(18-22-12-6-4-7-13-22)31(44)40-34(2,3)33(36)46)37-30(43)27(20-24-16-10-11-17-25(24)35)38-28(41)19-23-14-8-5-9-15-23/h4-17,21,26-27H,18-20H2,1-3H3,(H2,36,46)(H,37,43)(H,38,41)(H,39,45)(H,40,44). The van der Waals surface area contributed by atoms with Crippen molar-refractivity contribution in [2.24, 2.45) is 5.73 Å². The number of nitrogens with two attached hydrogens (primary N) is 1. The minimum absolute atomic E-state index is 0.0144. The Morgan fingerprint density at radius 3 is 1.85 bits per heavy atom. The molecule has 0 aliphatic heterocycles. The summed E-state index contributed by atoms with van der Waals surface area (Å²) < 4.78 is 14.5. The maximum atomic E-state index is 14.5. The van der Waals surface area contributed by atoms with E-state index in [0.29, 0.717) is 11.1 Å². The fourth-order valence-electron chi connectivity index (χ4n) is 4.44. The zero-order valence-corrected chi connectivity index (χ0v) is 25.8. The van der Waals surface area contributed by atoms with Crippen LogP contribution in [0.2, 0.25) is 0 Å². The first-order valence-electron chi connectivity index (χ1n) is 14.6. The van der Waals surface area contributed by atoms with Crippen molar-refractivity contribution in [3.63, 3.8) is 0 Å². The van der Waals surface area contributed by atoms with Crippen molar-refractivity contribution in [3.8, 4) is 0 Å². The normalized spacial score (nSPS) is 13.0. The molecule has 3 aromatic rings. The quantitative estimate of drug-likeness (QED) is 0.158. The lowest BCUT2D eigenvalue weighted by molar-refractivity contribution is -0.141. The van der Waals surface area contributed by atoms with Crippen molar-refractivity contribution in [2.45, 2.75) is 63.7 Å². The molecular weight excluding hydrogens is 593 g/mol. The van der Waals surface area contributed by atoms with Crippen molar-refractivity contribution < 1.29 is 33.2 Å². The number of carbonyl (C=O) groups is 6. The summed E-state index contributed by atoms with van der Waals surface area (Å²) in [4.78, 5) is 77.2. The summed E-state index contributed by atoms with van der Waals surface area (Å²) in [7, 11) is 0. The first kappa shape index (κ1) is 35.1. The third kappa shape index (κ3) is 10.4. The summed E-state index contributed by atoms with van der Waals surface area (Å²) in [6.07, 6.45) is -0.281. The first-order chi connectivity index (χ1) is 21.8. The number of hydrogen-bond donors (Lipinski definition) is 5. The molecule has 6 N–H and O–H groups in total. The molecule has 3 atom stereocenters. The van der Waals surface area contributed by atoms with Crippen molar-refractivity contribution in [1.82, 2.24) is 21.3 Å². The molecule has 3 aromatic carbocycles. The molecule has 0 heterocycles. The van der Waals surface area contributed by atoms with E-state index in [2.05, 4.69) is 21.3 Å². The van der Waals surface area contributed by atoms with Crippen LogP contribution in [0.3, 0.4) is 0 Å². The number of primary amides is 1. The Bertz CT molecular complexity index is 1560. The van der Waals surface area contributed by atoms with Crippen LogP contribution in [0.5, 0.6) is 0 Å². The van der Waals surface area contributed by atoms with Crippen LogP contribution >= 0.6 is 0 Å². The van der Waals surface area contributed by atoms with Crippen LogP contribution in [0.4, 0.5) is 4.39 Å². The van der Waals surface area contributed by atoms with E-state index in [0.717, 1.165) is 0 Å². The average molecular weight is 632 g/mol. The molecule has 11 nitrogen and oxygen atoms in total. The highest BCUT2D eigenvalue weighted by molar-refractivity contribution is 6.38. The van der Waals surface area contributed by atoms with Gasteiger partial charge in [0, 0.05) is 12.8 Å². The van der Waals surface area contributed by atoms with Gasteiger partial charge in [-0.15, -0.1) is 0 Å². The summed E-state index contributed by atoms with van der Waals surface area (Å²) in [5.74, 6) is -5.71. The van der Waals surface area contributed by atoms with Gasteiger partial charge in [-0.3, -0.25) is 28.8 Å². The summed E-state index contributed by atoms with van der Waals surface area (Å²) in [5.41, 5.74) is 5.45. The van der Waals surface area contributed by atoms with Crippen LogP contribution < -0.4 is 27.0 Å². The summed E-state index contributed by atoms with van der Waals surface area (Å²) in [5, 5.41) is 9.90. The Kier molecular flexibility index (Phi) is 12.3. The van der Waals surface area contributed by atoms with E-state index in [-0.39, 0.29) is 24.8 Å². The molecule has 242 valence electrons. The molecule has 0 radical (unpaired) electrons. The van der Waals surface area contributed by atoms with E-state index < -0.39 is 64.8 Å². The molecule has 0 aliphatic rings. The smallest absolute Gasteiger partial charge is 0.290 e. The van der Waals surface area contributed by atoms with Crippen molar-refractivity contribution in [3.05, 3.63) is 107 Å². The van der Waals surface area contributed by atoms with Gasteiger partial charge in [0.25, 0.3) is 5.91 Å². The van der Waals surface area contributed by atoms with E-state index in [1.165, 1.54) is 39.0 Å². The third-order valence-electron chi connectivity index (χ3n) is 7.17. The molecule has 3 unspecified atom stereocenters. The molecule has 0 fully saturated rings. The van der Waals surface area contributed by atoms with Crippen LogP contribution in [-0.2, 0) is 48.0 Å². The second-order valence-corrected chi connectivity index (χ2v) is 11.4. The van der Waals surface area contributed by atoms with Gasteiger partial charge in [0.2, 0.25) is 29.4 Å². The molecule has 0 saturated carbocycles. The first-order valence-corrected chi connectivity index (χ1v) is 14.6. The lowest BCUT2D eigenvalue weighted by atomic mass is 10.0. The summed E-state index contributed by atoms with van der Waals surface area (Å²) >= 11 is 0. The predicted octanol–water partition coefficient (Wildman–Crippen LogP) is 1.28. The Hall–Kier alpha value is -5.39. The number of ketones is 1. The SMILES string of the molecule is CC(NC(=O)C(Cc1ccccc1F)NC(=O)Cc1ccccc1)C(=O)C(=O)NC(Cc1ccccc1)C(=O)NC(C)(C)C(N)=O. The van der Waals surface area contributed by atoms with Gasteiger partial charge in [-0.2, -0.15) is 0 Å². The number of amides is 5. The minimum atomic E-state index is -1.44. The molecule has 0 spiro atoms. The lowest BCUT2D eigenvalue weighted by Crippen LogP contribution is -2.60. The van der Waals surface area contributed by atoms with Crippen molar-refractivity contribution in [2.75, 3.05) is 0 Å². The molecule has 3 rings (SSSR count). The minimum Gasteiger partial charge on any atom is -0.368 e. The maximum Gasteiger partial charge on any atom is 0.290 e. The average Bonchev–Trinajstić information content (AvgIpc) is 3.01. The third-order valence-corrected chi connectivity index (χ3v) is 7.17. The fourth-order valence-corrected chi connectivity index (χ4v) is 4.44. The van der Waals surface area contributed by atoms with Gasteiger partial charge in [-0.1, -0.05) is 78.9 Å². The van der Waals surface area contributed by atoms with E-state index >= 15 is 0 Å². The molecule has 5 amide bonds. The van der Waals surface area contributed by atoms with E-state index in [4.69, 9.17) is 5.73 Å². The molecule has 0 saturated heterocycles. The van der Waals surface area contributed by atoms with Gasteiger partial charge in [0.15, 0.2) is 0 Å². The number of rotatable bonds is 15. The van der Waals surface area contributed by atoms with Gasteiger partial charge in [0.05, 0.1) is 12.5 Å². The number of halogens is 1. The Labute approximate surface area is 266 Å². The molecular formula is C34H38FN5O6. The van der Waals surface area contributed by atoms with Crippen molar-refractivity contribution in [1.29, 1.82) is 0 Å². The second-order valence-electron chi connectivity index (χ2n) is 11.4. The van der Waals surface area contributed by atoms with E-state index in [1.807, 2.05) is 0 Å². The largest absolute Gasteiger partial charge is 0.368 e. The lowest BCUT2D eigenvalue weighted by Gasteiger charge is -2.26. The van der Waals surface area contributed by atoms with Crippen molar-refractivity contribution >= 4 is 35.3 Å². The summed E-state index contributed by atoms with van der Waals surface area (Å²) in [6.45, 7) is 4.07. The van der Waals surface area contributed by atoms with Gasteiger partial charge >= 0.3 is 0 Å². The molecule has 0 bridgehead atoms. The monoisotopic (exact) mass is 631 g/mol. The highest BCUT2D eigenvalue weighted by Crippen LogP contribution is 2.11. The van der Waals surface area contributed by atoms with Gasteiger partial charge in [-0.25, -0.2) is 4.39 Å². The second kappa shape index (κ2) is 16.1. The highest BCUT2D eigenvalue weighted by atomic mass is 19.1. The number of Topliss-reactive ketones (excluding diaryl/α,β-unsaturated/α-hetero) is 1. The van der Waals surface area contributed by atoms with E-state index in [1.54, 1.807) is 66.7 Å². The zero-order chi connectivity index (χ0) is 33.9. The summed E-state index contributed by atoms with van der Waals surface area (Å²) in [6, 6.07) is 19.3. The molecule has 12 heteroatoms. The highest BCUT2D eigenvalue weighted by Gasteiger charge is 2.34. The van der Waals surface area contributed by atoms with Crippen LogP contribution in [0.1, 0.15) is 37.5 Å². The Morgan fingerprint density at radius 2 is 1.26 bits per heavy atom. The van der Waals surface area contributed by atoms with Gasteiger partial charge in [-0.05, 0) is 43.5 Å². The zero-order valence-electron chi connectivity index (χ0n) is 25.8. The van der Waals surface area contributed by atoms with Crippen LogP contribution in [0.25, 0.3) is 0 Å². The number of nitrogens with one attached hydrogen (secondary N) is 4. The van der Waals surface area contributed by atoms with Gasteiger partial charge < -0.3 is 27.0 Å². The van der Waals surface area contributed by atoms with Gasteiger partial charge in [0.1, 0.15) is 23.4 Å². The van der Waals surface area contributed by atoms with Crippen LogP contribution in [0.15, 0.2) is 84.9 Å². The van der Waals surface area contributed by atoms with E-state index in [9.17, 15) is 33.2 Å². The predicted molar refractivity (Wildman–Crippen MR) is 168 cm³/mol. The molecule has 46 heavy (non-hydrogen) atoms. The number of benzene rings is 3. The number of carbonyl (C=O) groups excluding carboxylic acids is 6. The maximum absolute atomic E-state index is 14.5. The van der Waals surface area contributed by atoms with Crippen LogP contribution in [-0.4, -0.2) is 59.0 Å².